The lowest BCUT2D eigenvalue weighted by Gasteiger charge is -2.05. The van der Waals surface area contributed by atoms with Crippen molar-refractivity contribution in [2.24, 2.45) is 0 Å². The van der Waals surface area contributed by atoms with Crippen LogP contribution in [0.15, 0.2) is 53.6 Å². The highest BCUT2D eigenvalue weighted by Crippen LogP contribution is 2.11. The fourth-order valence-corrected chi connectivity index (χ4v) is 2.26. The molecule has 1 amide bonds. The molecule has 1 aromatic heterocycles. The van der Waals surface area contributed by atoms with E-state index in [9.17, 15) is 13.2 Å². The van der Waals surface area contributed by atoms with E-state index in [1.807, 2.05) is 0 Å². The zero-order valence-electron chi connectivity index (χ0n) is 10.7. The highest BCUT2D eigenvalue weighted by atomic mass is 32.2. The van der Waals surface area contributed by atoms with Crippen LogP contribution < -0.4 is 10.0 Å². The SMILES string of the molecule is CNS(=O)(=O)c1ccc(C(=O)Nc2ccccn2)cc1. The largest absolute Gasteiger partial charge is 0.307 e. The van der Waals surface area contributed by atoms with Crippen molar-refractivity contribution in [3.63, 3.8) is 0 Å². The van der Waals surface area contributed by atoms with Crippen LogP contribution in [0, 0.1) is 0 Å². The van der Waals surface area contributed by atoms with Gasteiger partial charge in [-0.25, -0.2) is 18.1 Å². The molecule has 20 heavy (non-hydrogen) atoms. The fraction of sp³-hybridized carbons (Fsp3) is 0.0769. The van der Waals surface area contributed by atoms with Gasteiger partial charge in [0.2, 0.25) is 10.0 Å². The number of amides is 1. The van der Waals surface area contributed by atoms with Crippen LogP contribution in [0.5, 0.6) is 0 Å². The van der Waals surface area contributed by atoms with Crippen molar-refractivity contribution in [2.75, 3.05) is 12.4 Å². The average molecular weight is 291 g/mol. The number of carbonyl (C=O) groups excluding carboxylic acids is 1. The van der Waals surface area contributed by atoms with Gasteiger partial charge in [-0.1, -0.05) is 6.07 Å². The molecule has 0 aliphatic heterocycles. The van der Waals surface area contributed by atoms with E-state index < -0.39 is 10.0 Å². The smallest absolute Gasteiger partial charge is 0.256 e. The summed E-state index contributed by atoms with van der Waals surface area (Å²) in [4.78, 5) is 16.0. The number of nitrogens with zero attached hydrogens (tertiary/aromatic N) is 1. The maximum Gasteiger partial charge on any atom is 0.256 e. The van der Waals surface area contributed by atoms with Crippen LogP contribution in [0.2, 0.25) is 0 Å². The van der Waals surface area contributed by atoms with Gasteiger partial charge in [0, 0.05) is 11.8 Å². The summed E-state index contributed by atoms with van der Waals surface area (Å²) in [5.74, 6) is 0.0847. The van der Waals surface area contributed by atoms with E-state index in [0.717, 1.165) is 0 Å². The quantitative estimate of drug-likeness (QED) is 0.887. The molecule has 1 aromatic carbocycles. The molecule has 7 heteroatoms. The van der Waals surface area contributed by atoms with Crippen molar-refractivity contribution in [1.82, 2.24) is 9.71 Å². The summed E-state index contributed by atoms with van der Waals surface area (Å²) in [7, 11) is -2.16. The normalized spacial score (nSPS) is 11.1. The number of sulfonamides is 1. The number of carbonyl (C=O) groups is 1. The predicted octanol–water partition coefficient (Wildman–Crippen LogP) is 1.24. The molecule has 0 saturated heterocycles. The molecule has 0 atom stereocenters. The first kappa shape index (κ1) is 14.2. The second kappa shape index (κ2) is 5.81. The van der Waals surface area contributed by atoms with E-state index in [1.165, 1.54) is 31.3 Å². The minimum atomic E-state index is -3.49. The van der Waals surface area contributed by atoms with Crippen molar-refractivity contribution in [3.05, 3.63) is 54.2 Å². The van der Waals surface area contributed by atoms with Gasteiger partial charge in [0.15, 0.2) is 0 Å². The molecule has 0 aliphatic rings. The molecule has 2 N–H and O–H groups in total. The van der Waals surface area contributed by atoms with Crippen LogP contribution in [-0.4, -0.2) is 26.4 Å². The number of hydrogen-bond donors (Lipinski definition) is 2. The van der Waals surface area contributed by atoms with Gasteiger partial charge in [0.25, 0.3) is 5.91 Å². The second-order valence-electron chi connectivity index (χ2n) is 3.90. The Hall–Kier alpha value is -2.25. The van der Waals surface area contributed by atoms with Crippen LogP contribution in [0.1, 0.15) is 10.4 Å². The van der Waals surface area contributed by atoms with E-state index in [0.29, 0.717) is 11.4 Å². The fourth-order valence-electron chi connectivity index (χ4n) is 1.53. The molecule has 0 saturated carbocycles. The summed E-state index contributed by atoms with van der Waals surface area (Å²) < 4.78 is 25.3. The predicted molar refractivity (Wildman–Crippen MR) is 74.9 cm³/mol. The van der Waals surface area contributed by atoms with Crippen LogP contribution in [0.4, 0.5) is 5.82 Å². The molecule has 0 spiro atoms. The lowest BCUT2D eigenvalue weighted by molar-refractivity contribution is 0.102. The molecule has 104 valence electrons. The van der Waals surface area contributed by atoms with Gasteiger partial charge < -0.3 is 5.32 Å². The Morgan fingerprint density at radius 2 is 1.80 bits per heavy atom. The van der Waals surface area contributed by atoms with E-state index in [4.69, 9.17) is 0 Å². The van der Waals surface area contributed by atoms with Crippen molar-refractivity contribution in [1.29, 1.82) is 0 Å². The molecule has 2 rings (SSSR count). The summed E-state index contributed by atoms with van der Waals surface area (Å²) in [5, 5.41) is 2.62. The molecule has 0 fully saturated rings. The molecule has 6 nitrogen and oxygen atoms in total. The third-order valence-electron chi connectivity index (χ3n) is 2.60. The number of benzene rings is 1. The van der Waals surface area contributed by atoms with Crippen LogP contribution in [0.25, 0.3) is 0 Å². The maximum absolute atomic E-state index is 11.9. The number of anilines is 1. The molecule has 0 aliphatic carbocycles. The molecular formula is C13H13N3O3S. The zero-order valence-corrected chi connectivity index (χ0v) is 11.5. The number of rotatable bonds is 4. The second-order valence-corrected chi connectivity index (χ2v) is 5.79. The van der Waals surface area contributed by atoms with Gasteiger partial charge in [0.05, 0.1) is 4.90 Å². The van der Waals surface area contributed by atoms with Crippen LogP contribution in [-0.2, 0) is 10.0 Å². The minimum Gasteiger partial charge on any atom is -0.307 e. The highest BCUT2D eigenvalue weighted by Gasteiger charge is 2.12. The molecule has 2 aromatic rings. The minimum absolute atomic E-state index is 0.106. The molecule has 0 bridgehead atoms. The summed E-state index contributed by atoms with van der Waals surface area (Å²) in [6.07, 6.45) is 1.57. The first-order valence-electron chi connectivity index (χ1n) is 5.79. The van der Waals surface area contributed by atoms with Gasteiger partial charge in [-0.15, -0.1) is 0 Å². The Bertz CT molecular complexity index is 697. The number of hydrogen-bond acceptors (Lipinski definition) is 4. The number of nitrogens with one attached hydrogen (secondary N) is 2. The third-order valence-corrected chi connectivity index (χ3v) is 4.03. The van der Waals surface area contributed by atoms with Crippen molar-refractivity contribution in [3.8, 4) is 0 Å². The molecular weight excluding hydrogens is 278 g/mol. The van der Waals surface area contributed by atoms with Gasteiger partial charge >= 0.3 is 0 Å². The zero-order chi connectivity index (χ0) is 14.6. The van der Waals surface area contributed by atoms with E-state index in [1.54, 1.807) is 24.4 Å². The van der Waals surface area contributed by atoms with Gasteiger partial charge in [-0.3, -0.25) is 4.79 Å². The van der Waals surface area contributed by atoms with Crippen molar-refractivity contribution in [2.45, 2.75) is 4.90 Å². The van der Waals surface area contributed by atoms with Gasteiger partial charge in [-0.05, 0) is 43.4 Å². The number of aromatic nitrogens is 1. The Morgan fingerprint density at radius 1 is 1.10 bits per heavy atom. The first-order valence-corrected chi connectivity index (χ1v) is 7.27. The maximum atomic E-state index is 11.9. The van der Waals surface area contributed by atoms with Crippen molar-refractivity contribution >= 4 is 21.7 Å². The van der Waals surface area contributed by atoms with Crippen LogP contribution >= 0.6 is 0 Å². The van der Waals surface area contributed by atoms with Gasteiger partial charge in [-0.2, -0.15) is 0 Å². The standard InChI is InChI=1S/C13H13N3O3S/c1-14-20(18,19)11-7-5-10(6-8-11)13(17)16-12-4-2-3-9-15-12/h2-9,14H,1H3,(H,15,16,17). The number of pyridine rings is 1. The first-order chi connectivity index (χ1) is 9.53. The lowest BCUT2D eigenvalue weighted by Crippen LogP contribution is -2.19. The Labute approximate surface area is 116 Å². The Morgan fingerprint density at radius 3 is 2.35 bits per heavy atom. The van der Waals surface area contributed by atoms with Gasteiger partial charge in [0.1, 0.15) is 5.82 Å². The van der Waals surface area contributed by atoms with Crippen molar-refractivity contribution < 1.29 is 13.2 Å². The summed E-state index contributed by atoms with van der Waals surface area (Å²) in [6.45, 7) is 0. The Balaban J connectivity index is 2.16. The van der Waals surface area contributed by atoms with E-state index >= 15 is 0 Å². The summed E-state index contributed by atoms with van der Waals surface area (Å²) in [5.41, 5.74) is 0.353. The highest BCUT2D eigenvalue weighted by molar-refractivity contribution is 7.89. The van der Waals surface area contributed by atoms with Crippen LogP contribution in [0.3, 0.4) is 0 Å². The molecule has 1 heterocycles. The monoisotopic (exact) mass is 291 g/mol. The third kappa shape index (κ3) is 3.19. The summed E-state index contributed by atoms with van der Waals surface area (Å²) >= 11 is 0. The average Bonchev–Trinajstić information content (AvgIpc) is 2.48. The van der Waals surface area contributed by atoms with E-state index in [2.05, 4.69) is 15.0 Å². The summed E-state index contributed by atoms with van der Waals surface area (Å²) in [6, 6.07) is 10.8. The molecule has 0 unspecified atom stereocenters. The molecule has 0 radical (unpaired) electrons. The lowest BCUT2D eigenvalue weighted by atomic mass is 10.2. The Kier molecular flexibility index (Phi) is 4.11. The van der Waals surface area contributed by atoms with E-state index in [-0.39, 0.29) is 10.8 Å². The topological polar surface area (TPSA) is 88.2 Å².